The molecule has 4 aliphatic rings. The number of hydrogen-bond donors (Lipinski definition) is 0. The monoisotopic (exact) mass is 671 g/mol. The summed E-state index contributed by atoms with van der Waals surface area (Å²) in [5, 5.41) is 0. The Hall–Kier alpha value is -1.19. The van der Waals surface area contributed by atoms with Gasteiger partial charge in [-0.1, -0.05) is 77.7 Å². The molecule has 4 aliphatic carbocycles. The van der Waals surface area contributed by atoms with Gasteiger partial charge in [-0.3, -0.25) is 4.79 Å². The molecule has 3 fully saturated rings. The van der Waals surface area contributed by atoms with E-state index in [1.165, 1.54) is 63.4 Å². The fraction of sp³-hybridized carbons (Fsp3) is 0.780. The summed E-state index contributed by atoms with van der Waals surface area (Å²) in [6, 6.07) is 8.60. The molecule has 0 aliphatic heterocycles. The van der Waals surface area contributed by atoms with Crippen LogP contribution in [0.5, 0.6) is 0 Å². The van der Waals surface area contributed by atoms with E-state index < -0.39 is 0 Å². The van der Waals surface area contributed by atoms with Gasteiger partial charge in [-0.25, -0.2) is 0 Å². The zero-order valence-electron chi connectivity index (χ0n) is 29.7. The molecule has 0 spiro atoms. The summed E-state index contributed by atoms with van der Waals surface area (Å²) in [7, 11) is 0. The highest BCUT2D eigenvalue weighted by molar-refractivity contribution is 6.18. The lowest BCUT2D eigenvalue weighted by Gasteiger charge is -2.58. The Morgan fingerprint density at radius 3 is 2.37 bits per heavy atom. The minimum atomic E-state index is -0.0251. The van der Waals surface area contributed by atoms with Crippen molar-refractivity contribution in [3.05, 3.63) is 41.5 Å². The van der Waals surface area contributed by atoms with Gasteiger partial charge in [0.05, 0.1) is 0 Å². The average molecular weight is 673 g/mol. The minimum absolute atomic E-state index is 0.0251. The zero-order valence-corrected chi connectivity index (χ0v) is 31.2. The van der Waals surface area contributed by atoms with E-state index >= 15 is 0 Å². The number of nitrogens with zero attached hydrogens (tertiary/aromatic N) is 1. The van der Waals surface area contributed by atoms with E-state index in [2.05, 4.69) is 69.9 Å². The highest BCUT2D eigenvalue weighted by Crippen LogP contribution is 2.67. The van der Waals surface area contributed by atoms with Gasteiger partial charge in [-0.05, 0) is 122 Å². The molecule has 0 amide bonds. The summed E-state index contributed by atoms with van der Waals surface area (Å²) in [5.74, 6) is 6.27. The number of allylic oxidation sites excluding steroid dienone is 1. The van der Waals surface area contributed by atoms with E-state index in [1.54, 1.807) is 5.57 Å². The van der Waals surface area contributed by atoms with Gasteiger partial charge in [0.15, 0.2) is 0 Å². The molecule has 5 heteroatoms. The highest BCUT2D eigenvalue weighted by Gasteiger charge is 2.59. The molecule has 5 rings (SSSR count). The number of hydrogen-bond acceptors (Lipinski definition) is 3. The number of ether oxygens (including phenoxy) is 1. The number of alkyl halides is 2. The summed E-state index contributed by atoms with van der Waals surface area (Å²) in [6.07, 6.45) is 19.2. The van der Waals surface area contributed by atoms with Crippen LogP contribution in [-0.4, -0.2) is 36.9 Å². The van der Waals surface area contributed by atoms with E-state index in [1.807, 2.05) is 0 Å². The largest absolute Gasteiger partial charge is 0.462 e. The molecule has 0 saturated heterocycles. The first kappa shape index (κ1) is 36.1. The second-order valence-electron chi connectivity index (χ2n) is 16.5. The van der Waals surface area contributed by atoms with E-state index in [4.69, 9.17) is 27.9 Å². The molecule has 0 bridgehead atoms. The van der Waals surface area contributed by atoms with E-state index in [9.17, 15) is 4.79 Å². The molecule has 8 atom stereocenters. The molecule has 1 aromatic rings. The van der Waals surface area contributed by atoms with Crippen molar-refractivity contribution in [2.45, 2.75) is 131 Å². The van der Waals surface area contributed by atoms with Crippen LogP contribution in [-0.2, 0) is 16.0 Å². The number of fused-ring (bicyclic) bond motifs is 5. The molecule has 0 radical (unpaired) electrons. The number of rotatable bonds is 15. The number of benzene rings is 1. The third-order valence-electron chi connectivity index (χ3n) is 13.4. The van der Waals surface area contributed by atoms with Crippen molar-refractivity contribution in [1.82, 2.24) is 0 Å². The highest BCUT2D eigenvalue weighted by atomic mass is 35.5. The van der Waals surface area contributed by atoms with Crippen molar-refractivity contribution in [2.24, 2.45) is 46.3 Å². The summed E-state index contributed by atoms with van der Waals surface area (Å²) < 4.78 is 6.12. The Labute approximate surface area is 291 Å². The zero-order chi connectivity index (χ0) is 32.9. The van der Waals surface area contributed by atoms with Crippen LogP contribution in [0.2, 0.25) is 0 Å². The van der Waals surface area contributed by atoms with Gasteiger partial charge < -0.3 is 9.64 Å². The van der Waals surface area contributed by atoms with Crippen LogP contribution in [0.15, 0.2) is 35.9 Å². The van der Waals surface area contributed by atoms with Crippen LogP contribution in [0.4, 0.5) is 5.69 Å². The Kier molecular flexibility index (Phi) is 12.6. The molecule has 1 aromatic carbocycles. The fourth-order valence-electron chi connectivity index (χ4n) is 10.9. The molecule has 0 aromatic heterocycles. The summed E-state index contributed by atoms with van der Waals surface area (Å²) in [5.41, 5.74) is 4.83. The second-order valence-corrected chi connectivity index (χ2v) is 17.3. The second kappa shape index (κ2) is 16.0. The maximum atomic E-state index is 12.9. The number of halogens is 2. The lowest BCUT2D eigenvalue weighted by Crippen LogP contribution is -2.51. The van der Waals surface area contributed by atoms with Crippen molar-refractivity contribution >= 4 is 34.9 Å². The van der Waals surface area contributed by atoms with Gasteiger partial charge in [0.2, 0.25) is 0 Å². The van der Waals surface area contributed by atoms with Crippen LogP contribution >= 0.6 is 23.2 Å². The van der Waals surface area contributed by atoms with Gasteiger partial charge in [0.25, 0.3) is 0 Å². The minimum Gasteiger partial charge on any atom is -0.462 e. The topological polar surface area (TPSA) is 29.5 Å². The van der Waals surface area contributed by atoms with Crippen LogP contribution in [0.1, 0.15) is 124 Å². The van der Waals surface area contributed by atoms with Gasteiger partial charge in [0, 0.05) is 43.4 Å². The normalized spacial score (nSPS) is 32.7. The first-order valence-corrected chi connectivity index (χ1v) is 20.0. The fourth-order valence-corrected chi connectivity index (χ4v) is 11.3. The molecular formula is C41H63Cl2NO2. The van der Waals surface area contributed by atoms with Gasteiger partial charge in [-0.2, -0.15) is 0 Å². The summed E-state index contributed by atoms with van der Waals surface area (Å²) in [6.45, 7) is 14.2. The van der Waals surface area contributed by atoms with Crippen LogP contribution < -0.4 is 4.90 Å². The molecule has 0 heterocycles. The predicted octanol–water partition coefficient (Wildman–Crippen LogP) is 11.2. The smallest absolute Gasteiger partial charge is 0.306 e. The first-order chi connectivity index (χ1) is 22.1. The number of aryl methyl sites for hydroxylation is 1. The van der Waals surface area contributed by atoms with Crippen LogP contribution in [0, 0.1) is 46.3 Å². The number of anilines is 1. The Balaban J connectivity index is 1.10. The Morgan fingerprint density at radius 2 is 1.67 bits per heavy atom. The number of esters is 1. The summed E-state index contributed by atoms with van der Waals surface area (Å²) >= 11 is 11.9. The Bertz CT molecular complexity index is 1160. The predicted molar refractivity (Wildman–Crippen MR) is 196 cm³/mol. The average Bonchev–Trinajstić information content (AvgIpc) is 3.38. The van der Waals surface area contributed by atoms with Crippen molar-refractivity contribution in [3.63, 3.8) is 0 Å². The van der Waals surface area contributed by atoms with Crippen molar-refractivity contribution in [1.29, 1.82) is 0 Å². The van der Waals surface area contributed by atoms with Gasteiger partial charge >= 0.3 is 5.97 Å². The lowest BCUT2D eigenvalue weighted by molar-refractivity contribution is -0.151. The maximum Gasteiger partial charge on any atom is 0.306 e. The SMILES string of the molecule is CC(C)CCCC(C)C1CCC2C3CC=C4CC(OC(=O)CCCc5ccc(N(CCCl)CCCl)cc5)CCC4(C)C3CCC12C. The van der Waals surface area contributed by atoms with Crippen molar-refractivity contribution < 1.29 is 9.53 Å². The molecule has 3 saturated carbocycles. The molecule has 8 unspecified atom stereocenters. The standard InChI is InChI=1S/C41H63Cl2NO2/c1-29(2)8-6-9-30(3)36-18-19-37-35-17-14-32-28-34(20-22-40(32,4)38(35)21-23-41(36,37)5)46-39(45)11-7-10-31-12-15-33(16-13-31)44(26-24-42)27-25-43/h12-16,29-30,34-38H,6-11,17-28H2,1-5H3. The molecule has 46 heavy (non-hydrogen) atoms. The van der Waals surface area contributed by atoms with Crippen LogP contribution in [0.3, 0.4) is 0 Å². The quantitative estimate of drug-likeness (QED) is 0.106. The molecular weight excluding hydrogens is 609 g/mol. The van der Waals surface area contributed by atoms with E-state index in [0.29, 0.717) is 29.0 Å². The third kappa shape index (κ3) is 7.98. The van der Waals surface area contributed by atoms with Gasteiger partial charge in [-0.15, -0.1) is 23.2 Å². The number of carbonyl (C=O) groups is 1. The van der Waals surface area contributed by atoms with Crippen molar-refractivity contribution in [3.8, 4) is 0 Å². The molecule has 3 nitrogen and oxygen atoms in total. The third-order valence-corrected chi connectivity index (χ3v) is 13.8. The molecule has 258 valence electrons. The van der Waals surface area contributed by atoms with Gasteiger partial charge in [0.1, 0.15) is 6.10 Å². The lowest BCUT2D eigenvalue weighted by atomic mass is 9.47. The van der Waals surface area contributed by atoms with E-state index in [-0.39, 0.29) is 12.1 Å². The summed E-state index contributed by atoms with van der Waals surface area (Å²) in [4.78, 5) is 15.1. The van der Waals surface area contributed by atoms with Crippen molar-refractivity contribution in [2.75, 3.05) is 29.7 Å². The van der Waals surface area contributed by atoms with Crippen LogP contribution in [0.25, 0.3) is 0 Å². The number of carbonyl (C=O) groups excluding carboxylic acids is 1. The Morgan fingerprint density at radius 1 is 0.935 bits per heavy atom. The molecule has 0 N–H and O–H groups in total. The first-order valence-electron chi connectivity index (χ1n) is 18.9. The van der Waals surface area contributed by atoms with E-state index in [0.717, 1.165) is 80.0 Å². The maximum absolute atomic E-state index is 12.9.